The van der Waals surface area contributed by atoms with Gasteiger partial charge in [-0.25, -0.2) is 9.67 Å². The van der Waals surface area contributed by atoms with E-state index in [-0.39, 0.29) is 56.6 Å². The number of rotatable bonds is 8. The van der Waals surface area contributed by atoms with Crippen LogP contribution in [0.15, 0.2) is 54.7 Å². The smallest absolute Gasteiger partial charge is 0.348 e. The molecule has 11 nitrogen and oxygen atoms in total. The number of nitrogens with one attached hydrogen (secondary N) is 2. The number of carbonyl (C=O) groups is 2. The molecule has 0 bridgehead atoms. The second-order valence-electron chi connectivity index (χ2n) is 9.38. The number of halogens is 7. The summed E-state index contributed by atoms with van der Waals surface area (Å²) >= 11 is 24.9. The summed E-state index contributed by atoms with van der Waals surface area (Å²) in [6.07, 6.45) is -3.39. The van der Waals surface area contributed by atoms with Crippen LogP contribution in [0, 0.1) is 6.92 Å². The van der Waals surface area contributed by atoms with Crippen molar-refractivity contribution in [3.63, 3.8) is 0 Å². The average molecular weight is 699 g/mol. The van der Waals surface area contributed by atoms with Gasteiger partial charge in [0.25, 0.3) is 17.6 Å². The Labute approximate surface area is 272 Å². The molecule has 45 heavy (non-hydrogen) atoms. The molecule has 5 aromatic rings. The average Bonchev–Trinajstić information content (AvgIpc) is 3.63. The Morgan fingerprint density at radius 3 is 2.42 bits per heavy atom. The van der Waals surface area contributed by atoms with Crippen LogP contribution in [0.2, 0.25) is 20.1 Å². The zero-order chi connectivity index (χ0) is 32.5. The van der Waals surface area contributed by atoms with E-state index in [2.05, 4.69) is 36.1 Å². The van der Waals surface area contributed by atoms with Gasteiger partial charge >= 0.3 is 6.18 Å². The Morgan fingerprint density at radius 2 is 1.71 bits per heavy atom. The molecule has 0 aliphatic rings. The summed E-state index contributed by atoms with van der Waals surface area (Å²) in [5.74, 6) is -2.71. The molecule has 5 rings (SSSR count). The Bertz CT molecular complexity index is 1930. The van der Waals surface area contributed by atoms with E-state index in [9.17, 15) is 22.8 Å². The minimum atomic E-state index is -4.80. The molecule has 3 aromatic heterocycles. The Balaban J connectivity index is 1.47. The summed E-state index contributed by atoms with van der Waals surface area (Å²) < 4.78 is 40.1. The lowest BCUT2D eigenvalue weighted by molar-refractivity contribution is -0.145. The number of alkyl halides is 3. The van der Waals surface area contributed by atoms with E-state index in [1.165, 1.54) is 24.4 Å². The van der Waals surface area contributed by atoms with Gasteiger partial charge in [0.2, 0.25) is 0 Å². The second kappa shape index (κ2) is 13.0. The molecule has 18 heteroatoms. The first-order valence-corrected chi connectivity index (χ1v) is 14.2. The first-order chi connectivity index (χ1) is 21.3. The van der Waals surface area contributed by atoms with Crippen molar-refractivity contribution in [1.29, 1.82) is 0 Å². The summed E-state index contributed by atoms with van der Waals surface area (Å²) in [5.41, 5.74) is 1.16. The van der Waals surface area contributed by atoms with Crippen LogP contribution in [0.3, 0.4) is 0 Å². The zero-order valence-electron chi connectivity index (χ0n) is 22.7. The summed E-state index contributed by atoms with van der Waals surface area (Å²) in [6, 6.07) is 12.3. The number of hydrogen-bond donors (Lipinski definition) is 2. The predicted octanol–water partition coefficient (Wildman–Crippen LogP) is 6.43. The third kappa shape index (κ3) is 7.20. The molecule has 0 radical (unpaired) electrons. The normalized spacial score (nSPS) is 11.5. The first-order valence-electron chi connectivity index (χ1n) is 12.7. The van der Waals surface area contributed by atoms with Gasteiger partial charge in [0.05, 0.1) is 32.0 Å². The van der Waals surface area contributed by atoms with Gasteiger partial charge in [0.15, 0.2) is 5.82 Å². The van der Waals surface area contributed by atoms with E-state index < -0.39 is 23.8 Å². The van der Waals surface area contributed by atoms with Gasteiger partial charge in [-0.05, 0) is 59.7 Å². The number of pyridine rings is 1. The number of anilines is 1. The number of amides is 2. The molecule has 2 amide bonds. The van der Waals surface area contributed by atoms with Crippen LogP contribution in [0.4, 0.5) is 18.9 Å². The van der Waals surface area contributed by atoms with E-state index in [1.807, 2.05) is 0 Å². The van der Waals surface area contributed by atoms with Gasteiger partial charge in [-0.2, -0.15) is 23.1 Å². The van der Waals surface area contributed by atoms with Crippen LogP contribution in [0.25, 0.3) is 5.82 Å². The minimum absolute atomic E-state index is 0.0256. The summed E-state index contributed by atoms with van der Waals surface area (Å²) in [4.78, 5) is 31.9. The van der Waals surface area contributed by atoms with E-state index in [1.54, 1.807) is 37.3 Å². The Kier molecular flexibility index (Phi) is 9.30. The van der Waals surface area contributed by atoms with Crippen molar-refractivity contribution in [1.82, 2.24) is 40.3 Å². The molecule has 0 fully saturated rings. The van der Waals surface area contributed by atoms with Crippen LogP contribution in [-0.2, 0) is 19.3 Å². The van der Waals surface area contributed by atoms with Crippen molar-refractivity contribution in [2.45, 2.75) is 26.2 Å². The quantitative estimate of drug-likeness (QED) is 0.191. The van der Waals surface area contributed by atoms with Gasteiger partial charge in [-0.15, -0.1) is 10.2 Å². The molecule has 2 N–H and O–H groups in total. The lowest BCUT2D eigenvalue weighted by Crippen LogP contribution is -2.26. The number of benzene rings is 2. The van der Waals surface area contributed by atoms with Crippen LogP contribution in [-0.4, -0.2) is 46.8 Å². The Morgan fingerprint density at radius 1 is 0.956 bits per heavy atom. The van der Waals surface area contributed by atoms with Gasteiger partial charge < -0.3 is 10.6 Å². The van der Waals surface area contributed by atoms with Crippen molar-refractivity contribution in [2.24, 2.45) is 0 Å². The Hall–Kier alpha value is -4.24. The highest BCUT2D eigenvalue weighted by Gasteiger charge is 2.37. The monoisotopic (exact) mass is 697 g/mol. The molecule has 0 aliphatic heterocycles. The van der Waals surface area contributed by atoms with Gasteiger partial charge in [-0.1, -0.05) is 58.5 Å². The van der Waals surface area contributed by atoms with Crippen molar-refractivity contribution in [3.05, 3.63) is 109 Å². The third-order valence-electron chi connectivity index (χ3n) is 6.20. The summed E-state index contributed by atoms with van der Waals surface area (Å²) in [5, 5.41) is 20.5. The highest BCUT2D eigenvalue weighted by Crippen LogP contribution is 2.29. The zero-order valence-corrected chi connectivity index (χ0v) is 25.7. The fourth-order valence-corrected chi connectivity index (χ4v) is 5.02. The highest BCUT2D eigenvalue weighted by atomic mass is 35.5. The molecule has 0 aliphatic carbocycles. The fraction of sp³-hybridized carbons (Fsp3) is 0.148. The van der Waals surface area contributed by atoms with Crippen molar-refractivity contribution < 1.29 is 22.8 Å². The molecular weight excluding hydrogens is 681 g/mol. The predicted molar refractivity (Wildman–Crippen MR) is 160 cm³/mol. The topological polar surface area (TPSA) is 133 Å². The molecule has 0 spiro atoms. The first kappa shape index (κ1) is 32.2. The van der Waals surface area contributed by atoms with Crippen molar-refractivity contribution >= 4 is 63.9 Å². The summed E-state index contributed by atoms with van der Waals surface area (Å²) in [7, 11) is 0. The molecule has 0 unspecified atom stereocenters. The van der Waals surface area contributed by atoms with Gasteiger partial charge in [0.1, 0.15) is 12.2 Å². The molecular formula is C27H18Cl4F3N9O2. The van der Waals surface area contributed by atoms with Gasteiger partial charge in [0, 0.05) is 17.8 Å². The number of hydrogen-bond acceptors (Lipinski definition) is 7. The SMILES string of the molecule is Cc1cc(Cl)cc(C(=O)NCc2cccc(Cl)c2Cl)c1NC(=O)c1cc(Cn2nnc(C(F)(F)F)n2)nn1-c1ncccc1Cl. The van der Waals surface area contributed by atoms with E-state index >= 15 is 0 Å². The minimum Gasteiger partial charge on any atom is -0.348 e. The van der Waals surface area contributed by atoms with Crippen molar-refractivity contribution in [3.8, 4) is 5.82 Å². The molecule has 3 heterocycles. The van der Waals surface area contributed by atoms with Crippen molar-refractivity contribution in [2.75, 3.05) is 5.32 Å². The van der Waals surface area contributed by atoms with Crippen LogP contribution in [0.5, 0.6) is 0 Å². The van der Waals surface area contributed by atoms with Crippen LogP contribution < -0.4 is 10.6 Å². The maximum Gasteiger partial charge on any atom is 0.455 e. The third-order valence-corrected chi connectivity index (χ3v) is 7.57. The standard InChI is InChI=1S/C27H18Cl4F3N9O2/c1-13-8-15(28)9-17(24(44)36-11-14-4-2-5-18(29)21(14)31)22(13)37-25(45)20-10-16(12-42-40-26(38-41-42)27(32,33)34)39-43(20)23-19(30)6-3-7-35-23/h2-10H,11-12H2,1H3,(H,36,44)(H,37,45). The number of tetrazole rings is 1. The molecule has 0 saturated heterocycles. The molecule has 0 saturated carbocycles. The maximum atomic E-state index is 13.8. The maximum absolute atomic E-state index is 13.8. The lowest BCUT2D eigenvalue weighted by Gasteiger charge is -2.16. The number of nitrogens with zero attached hydrogens (tertiary/aromatic N) is 7. The second-order valence-corrected chi connectivity index (χ2v) is 11.0. The lowest BCUT2D eigenvalue weighted by atomic mass is 10.1. The number of aryl methyl sites for hydroxylation is 1. The van der Waals surface area contributed by atoms with E-state index in [0.29, 0.717) is 20.9 Å². The van der Waals surface area contributed by atoms with Gasteiger partial charge in [-0.3, -0.25) is 9.59 Å². The number of carbonyl (C=O) groups excluding carboxylic acids is 2. The highest BCUT2D eigenvalue weighted by molar-refractivity contribution is 6.42. The van der Waals surface area contributed by atoms with Crippen LogP contribution in [0.1, 0.15) is 43.5 Å². The molecule has 0 atom stereocenters. The summed E-state index contributed by atoms with van der Waals surface area (Å²) in [6.45, 7) is 1.29. The van der Waals surface area contributed by atoms with Crippen LogP contribution >= 0.6 is 46.4 Å². The largest absolute Gasteiger partial charge is 0.455 e. The number of aromatic nitrogens is 7. The fourth-order valence-electron chi connectivity index (χ4n) is 4.15. The molecule has 232 valence electrons. The van der Waals surface area contributed by atoms with E-state index in [4.69, 9.17) is 46.4 Å². The van der Waals surface area contributed by atoms with E-state index in [0.717, 1.165) is 4.68 Å². The molecule has 2 aromatic carbocycles.